The summed E-state index contributed by atoms with van der Waals surface area (Å²) in [6.45, 7) is 3.99. The monoisotopic (exact) mass is 360 g/mol. The summed E-state index contributed by atoms with van der Waals surface area (Å²) < 4.78 is 5.21. The van der Waals surface area contributed by atoms with Crippen molar-refractivity contribution in [3.63, 3.8) is 0 Å². The zero-order valence-electron chi connectivity index (χ0n) is 15.5. The third kappa shape index (κ3) is 3.62. The Balaban J connectivity index is 1.27. The number of nitrogens with zero attached hydrogens (tertiary/aromatic N) is 4. The van der Waals surface area contributed by atoms with Gasteiger partial charge in [-0.1, -0.05) is 18.0 Å². The number of carbonyl (C=O) groups excluding carboxylic acids is 2. The molecule has 1 aliphatic carbocycles. The molecule has 1 saturated carbocycles. The third-order valence-corrected chi connectivity index (χ3v) is 6.23. The van der Waals surface area contributed by atoms with E-state index in [0.29, 0.717) is 36.6 Å². The lowest BCUT2D eigenvalue weighted by Crippen LogP contribution is -2.43. The van der Waals surface area contributed by atoms with Crippen LogP contribution in [0.15, 0.2) is 4.52 Å². The van der Waals surface area contributed by atoms with Gasteiger partial charge in [0.25, 0.3) is 0 Å². The van der Waals surface area contributed by atoms with Crippen LogP contribution in [0.4, 0.5) is 0 Å². The molecule has 2 amide bonds. The van der Waals surface area contributed by atoms with Crippen LogP contribution in [-0.2, 0) is 16.0 Å². The van der Waals surface area contributed by atoms with Crippen molar-refractivity contribution in [3.8, 4) is 0 Å². The number of aryl methyl sites for hydroxylation is 1. The summed E-state index contributed by atoms with van der Waals surface area (Å²) in [7, 11) is 0. The SMILES string of the molecule is Cc1noc(CC2CCN(C(=O)[C@H]3CC(=O)N(C4CCCC4)C3)CC2)n1. The van der Waals surface area contributed by atoms with Crippen LogP contribution in [0.25, 0.3) is 0 Å². The Morgan fingerprint density at radius 3 is 2.58 bits per heavy atom. The molecular formula is C19H28N4O3. The molecule has 0 radical (unpaired) electrons. The lowest BCUT2D eigenvalue weighted by molar-refractivity contribution is -0.137. The quantitative estimate of drug-likeness (QED) is 0.820. The maximum absolute atomic E-state index is 12.9. The van der Waals surface area contributed by atoms with Gasteiger partial charge in [-0.05, 0) is 38.5 Å². The summed E-state index contributed by atoms with van der Waals surface area (Å²) in [5.41, 5.74) is 0. The second-order valence-corrected chi connectivity index (χ2v) is 8.09. The fourth-order valence-electron chi connectivity index (χ4n) is 4.75. The molecule has 2 aliphatic heterocycles. The Bertz CT molecular complexity index is 659. The van der Waals surface area contributed by atoms with Crippen molar-refractivity contribution in [3.05, 3.63) is 11.7 Å². The topological polar surface area (TPSA) is 79.5 Å². The van der Waals surface area contributed by atoms with Crippen molar-refractivity contribution in [2.75, 3.05) is 19.6 Å². The van der Waals surface area contributed by atoms with Crippen LogP contribution < -0.4 is 0 Å². The molecule has 7 heteroatoms. The molecule has 4 rings (SSSR count). The minimum absolute atomic E-state index is 0.141. The van der Waals surface area contributed by atoms with Crippen LogP contribution in [0.3, 0.4) is 0 Å². The van der Waals surface area contributed by atoms with E-state index in [4.69, 9.17) is 4.52 Å². The predicted molar refractivity (Wildman–Crippen MR) is 94.1 cm³/mol. The molecule has 0 bridgehead atoms. The highest BCUT2D eigenvalue weighted by molar-refractivity contribution is 5.89. The summed E-state index contributed by atoms with van der Waals surface area (Å²) in [6, 6.07) is 0.379. The molecule has 2 saturated heterocycles. The molecule has 7 nitrogen and oxygen atoms in total. The first-order chi connectivity index (χ1) is 12.6. The van der Waals surface area contributed by atoms with Gasteiger partial charge in [0.05, 0.1) is 5.92 Å². The highest BCUT2D eigenvalue weighted by atomic mass is 16.5. The van der Waals surface area contributed by atoms with E-state index in [-0.39, 0.29) is 17.7 Å². The molecule has 1 aromatic heterocycles. The normalized spacial score (nSPS) is 25.4. The van der Waals surface area contributed by atoms with Crippen LogP contribution in [0.2, 0.25) is 0 Å². The van der Waals surface area contributed by atoms with Crippen molar-refractivity contribution in [1.82, 2.24) is 19.9 Å². The van der Waals surface area contributed by atoms with Gasteiger partial charge in [0.15, 0.2) is 5.82 Å². The van der Waals surface area contributed by atoms with E-state index < -0.39 is 0 Å². The van der Waals surface area contributed by atoms with Gasteiger partial charge in [0, 0.05) is 38.5 Å². The van der Waals surface area contributed by atoms with E-state index in [1.165, 1.54) is 12.8 Å². The second-order valence-electron chi connectivity index (χ2n) is 8.09. The molecule has 1 atom stereocenters. The number of hydrogen-bond acceptors (Lipinski definition) is 5. The van der Waals surface area contributed by atoms with E-state index in [9.17, 15) is 9.59 Å². The molecule has 0 N–H and O–H groups in total. The number of carbonyl (C=O) groups is 2. The van der Waals surface area contributed by atoms with Crippen molar-refractivity contribution in [2.45, 2.75) is 64.3 Å². The Labute approximate surface area is 154 Å². The minimum atomic E-state index is -0.141. The van der Waals surface area contributed by atoms with Crippen LogP contribution >= 0.6 is 0 Å². The van der Waals surface area contributed by atoms with Gasteiger partial charge in [-0.2, -0.15) is 4.98 Å². The fourth-order valence-corrected chi connectivity index (χ4v) is 4.75. The molecule has 0 aromatic carbocycles. The Hall–Kier alpha value is -1.92. The van der Waals surface area contributed by atoms with Crippen molar-refractivity contribution >= 4 is 11.8 Å². The van der Waals surface area contributed by atoms with E-state index in [1.807, 2.05) is 16.7 Å². The zero-order chi connectivity index (χ0) is 18.1. The highest BCUT2D eigenvalue weighted by Crippen LogP contribution is 2.31. The number of aromatic nitrogens is 2. The molecule has 3 aliphatic rings. The standard InChI is InChI=1S/C19H28N4O3/c1-13-20-17(26-21-13)10-14-6-8-22(9-7-14)19(25)15-11-18(24)23(12-15)16-4-2-3-5-16/h14-16H,2-12H2,1H3/t15-/m0/s1. The summed E-state index contributed by atoms with van der Waals surface area (Å²) in [5, 5.41) is 3.84. The van der Waals surface area contributed by atoms with E-state index in [2.05, 4.69) is 10.1 Å². The Morgan fingerprint density at radius 2 is 1.92 bits per heavy atom. The fraction of sp³-hybridized carbons (Fsp3) is 0.789. The number of rotatable bonds is 4. The Morgan fingerprint density at radius 1 is 1.19 bits per heavy atom. The van der Waals surface area contributed by atoms with Crippen molar-refractivity contribution in [1.29, 1.82) is 0 Å². The Kier molecular flexibility index (Phi) is 4.96. The van der Waals surface area contributed by atoms with Gasteiger partial charge in [-0.3, -0.25) is 9.59 Å². The van der Waals surface area contributed by atoms with Gasteiger partial charge in [-0.15, -0.1) is 0 Å². The van der Waals surface area contributed by atoms with Crippen LogP contribution in [-0.4, -0.2) is 57.4 Å². The number of amides is 2. The molecule has 0 spiro atoms. The number of likely N-dealkylation sites (tertiary alicyclic amines) is 2. The molecule has 26 heavy (non-hydrogen) atoms. The van der Waals surface area contributed by atoms with Crippen LogP contribution in [0.5, 0.6) is 0 Å². The summed E-state index contributed by atoms with van der Waals surface area (Å²) in [6.07, 6.45) is 7.73. The minimum Gasteiger partial charge on any atom is -0.342 e. The maximum atomic E-state index is 12.9. The van der Waals surface area contributed by atoms with Gasteiger partial charge in [0.2, 0.25) is 17.7 Å². The second kappa shape index (κ2) is 7.37. The smallest absolute Gasteiger partial charge is 0.227 e. The van der Waals surface area contributed by atoms with Crippen molar-refractivity contribution < 1.29 is 14.1 Å². The van der Waals surface area contributed by atoms with Crippen molar-refractivity contribution in [2.24, 2.45) is 11.8 Å². The molecule has 1 aromatic rings. The van der Waals surface area contributed by atoms with Gasteiger partial charge in [0.1, 0.15) is 0 Å². The van der Waals surface area contributed by atoms with E-state index >= 15 is 0 Å². The summed E-state index contributed by atoms with van der Waals surface area (Å²) in [4.78, 5) is 33.5. The average molecular weight is 360 g/mol. The average Bonchev–Trinajstić information content (AvgIpc) is 3.36. The van der Waals surface area contributed by atoms with Gasteiger partial charge in [-0.25, -0.2) is 0 Å². The largest absolute Gasteiger partial charge is 0.342 e. The number of hydrogen-bond donors (Lipinski definition) is 0. The zero-order valence-corrected chi connectivity index (χ0v) is 15.5. The highest BCUT2D eigenvalue weighted by Gasteiger charge is 2.40. The number of piperidine rings is 1. The first-order valence-electron chi connectivity index (χ1n) is 9.97. The molecule has 3 heterocycles. The van der Waals surface area contributed by atoms with E-state index in [1.54, 1.807) is 0 Å². The van der Waals surface area contributed by atoms with Crippen LogP contribution in [0, 0.1) is 18.8 Å². The first-order valence-corrected chi connectivity index (χ1v) is 9.97. The van der Waals surface area contributed by atoms with E-state index in [0.717, 1.165) is 45.2 Å². The predicted octanol–water partition coefficient (Wildman–Crippen LogP) is 1.95. The lowest BCUT2D eigenvalue weighted by Gasteiger charge is -2.33. The molecule has 142 valence electrons. The molecular weight excluding hydrogens is 332 g/mol. The molecule has 0 unspecified atom stereocenters. The molecule has 3 fully saturated rings. The van der Waals surface area contributed by atoms with Gasteiger partial charge >= 0.3 is 0 Å². The van der Waals surface area contributed by atoms with Gasteiger partial charge < -0.3 is 14.3 Å². The summed E-state index contributed by atoms with van der Waals surface area (Å²) in [5.74, 6) is 2.06. The summed E-state index contributed by atoms with van der Waals surface area (Å²) >= 11 is 0. The first kappa shape index (κ1) is 17.5. The lowest BCUT2D eigenvalue weighted by atomic mass is 9.92. The van der Waals surface area contributed by atoms with Crippen LogP contribution in [0.1, 0.15) is 56.7 Å². The maximum Gasteiger partial charge on any atom is 0.227 e. The third-order valence-electron chi connectivity index (χ3n) is 6.23.